The number of para-hydroxylation sites is 4. The highest BCUT2D eigenvalue weighted by molar-refractivity contribution is 6.11. The molecule has 5 nitrogen and oxygen atoms in total. The standard InChI is InChI=1S/C52H43N5/c1-36(2)39-30-31-53-51(32-39)57-47-25-11-10-22-45(47)46-29-28-42(34-50(46)57)56(41-21-14-20-40(33-41)55-35-54(3)48-26-12-13-27-49(48)55)52-43(37-16-6-4-7-17-37)23-15-24-44(52)38-18-8-5-9-19-38/h4-34,36H,35H2,1-3H3. The lowest BCUT2D eigenvalue weighted by Crippen LogP contribution is -2.24. The molecule has 1 aliphatic rings. The highest BCUT2D eigenvalue weighted by Crippen LogP contribution is 2.49. The van der Waals surface area contributed by atoms with E-state index >= 15 is 0 Å². The van der Waals surface area contributed by atoms with Gasteiger partial charge in [0.15, 0.2) is 0 Å². The quantitative estimate of drug-likeness (QED) is 0.155. The van der Waals surface area contributed by atoms with Crippen molar-refractivity contribution in [1.29, 1.82) is 0 Å². The van der Waals surface area contributed by atoms with E-state index in [9.17, 15) is 0 Å². The number of pyridine rings is 1. The van der Waals surface area contributed by atoms with Gasteiger partial charge in [-0.25, -0.2) is 4.98 Å². The lowest BCUT2D eigenvalue weighted by Gasteiger charge is -2.31. The Kier molecular flexibility index (Phi) is 8.56. The summed E-state index contributed by atoms with van der Waals surface area (Å²) in [5.41, 5.74) is 15.0. The van der Waals surface area contributed by atoms with Crippen LogP contribution in [-0.2, 0) is 0 Å². The summed E-state index contributed by atoms with van der Waals surface area (Å²) in [7, 11) is 2.16. The molecule has 0 N–H and O–H groups in total. The van der Waals surface area contributed by atoms with E-state index in [1.54, 1.807) is 0 Å². The fourth-order valence-electron chi connectivity index (χ4n) is 8.55. The SMILES string of the molecule is CC(C)c1ccnc(-n2c3ccccc3c3ccc(N(c4cccc(N5CN(C)c6ccccc65)c4)c4c(-c5ccccc5)cccc4-c4ccccc4)cc32)c1. The average Bonchev–Trinajstić information content (AvgIpc) is 3.79. The first-order valence-corrected chi connectivity index (χ1v) is 19.7. The maximum Gasteiger partial charge on any atom is 0.137 e. The molecule has 0 amide bonds. The molecule has 0 fully saturated rings. The van der Waals surface area contributed by atoms with Gasteiger partial charge in [0.1, 0.15) is 5.82 Å². The van der Waals surface area contributed by atoms with Gasteiger partial charge in [0.05, 0.1) is 34.8 Å². The second-order valence-corrected chi connectivity index (χ2v) is 15.2. The van der Waals surface area contributed by atoms with Crippen LogP contribution in [0.15, 0.2) is 188 Å². The molecule has 0 aliphatic carbocycles. The van der Waals surface area contributed by atoms with Gasteiger partial charge in [-0.15, -0.1) is 0 Å². The molecule has 5 heteroatoms. The Balaban J connectivity index is 1.27. The van der Waals surface area contributed by atoms with Crippen LogP contribution in [0.1, 0.15) is 25.3 Å². The summed E-state index contributed by atoms with van der Waals surface area (Å²) >= 11 is 0. The number of hydrogen-bond donors (Lipinski definition) is 0. The van der Waals surface area contributed by atoms with Crippen LogP contribution in [0.3, 0.4) is 0 Å². The summed E-state index contributed by atoms with van der Waals surface area (Å²) in [5, 5.41) is 2.40. The largest absolute Gasteiger partial charge is 0.355 e. The van der Waals surface area contributed by atoms with E-state index in [1.165, 1.54) is 27.7 Å². The van der Waals surface area contributed by atoms with Crippen molar-refractivity contribution in [1.82, 2.24) is 9.55 Å². The van der Waals surface area contributed by atoms with E-state index in [4.69, 9.17) is 4.98 Å². The van der Waals surface area contributed by atoms with Gasteiger partial charge in [-0.1, -0.05) is 135 Å². The monoisotopic (exact) mass is 737 g/mol. The van der Waals surface area contributed by atoms with Gasteiger partial charge in [0.25, 0.3) is 0 Å². The maximum absolute atomic E-state index is 4.98. The molecule has 0 spiro atoms. The molecule has 57 heavy (non-hydrogen) atoms. The van der Waals surface area contributed by atoms with Gasteiger partial charge in [0, 0.05) is 52.2 Å². The zero-order chi connectivity index (χ0) is 38.5. The highest BCUT2D eigenvalue weighted by Gasteiger charge is 2.27. The second kappa shape index (κ2) is 14.2. The third kappa shape index (κ3) is 6.00. The molecular formula is C52H43N5. The minimum atomic E-state index is 0.381. The summed E-state index contributed by atoms with van der Waals surface area (Å²) in [4.78, 5) is 12.2. The Morgan fingerprint density at radius 2 is 1.18 bits per heavy atom. The van der Waals surface area contributed by atoms with E-state index in [0.717, 1.165) is 68.5 Å². The van der Waals surface area contributed by atoms with Crippen LogP contribution in [0.25, 0.3) is 49.9 Å². The van der Waals surface area contributed by atoms with Crippen molar-refractivity contribution in [2.45, 2.75) is 19.8 Å². The van der Waals surface area contributed by atoms with Gasteiger partial charge in [-0.2, -0.15) is 0 Å². The molecule has 3 heterocycles. The number of benzene rings is 7. The molecule has 1 aliphatic heterocycles. The maximum atomic E-state index is 4.98. The fourth-order valence-corrected chi connectivity index (χ4v) is 8.55. The van der Waals surface area contributed by atoms with Crippen LogP contribution in [-0.4, -0.2) is 23.3 Å². The first kappa shape index (κ1) is 34.4. The fraction of sp³-hybridized carbons (Fsp3) is 0.0962. The van der Waals surface area contributed by atoms with Crippen molar-refractivity contribution in [3.8, 4) is 28.1 Å². The minimum Gasteiger partial charge on any atom is -0.355 e. The molecule has 0 unspecified atom stereocenters. The third-order valence-electron chi connectivity index (χ3n) is 11.3. The zero-order valence-corrected chi connectivity index (χ0v) is 32.4. The first-order valence-electron chi connectivity index (χ1n) is 19.7. The van der Waals surface area contributed by atoms with Gasteiger partial charge >= 0.3 is 0 Å². The lowest BCUT2D eigenvalue weighted by molar-refractivity contribution is 0.858. The molecule has 2 aromatic heterocycles. The predicted molar refractivity (Wildman–Crippen MR) is 240 cm³/mol. The summed E-state index contributed by atoms with van der Waals surface area (Å²) in [5.74, 6) is 1.30. The van der Waals surface area contributed by atoms with Gasteiger partial charge < -0.3 is 14.7 Å². The molecule has 0 saturated carbocycles. The molecule has 276 valence electrons. The number of rotatable bonds is 8. The molecule has 10 rings (SSSR count). The number of aromatic nitrogens is 2. The second-order valence-electron chi connectivity index (χ2n) is 15.2. The zero-order valence-electron chi connectivity index (χ0n) is 32.4. The van der Waals surface area contributed by atoms with E-state index in [1.807, 2.05) is 6.20 Å². The molecule has 0 radical (unpaired) electrons. The van der Waals surface area contributed by atoms with Crippen LogP contribution in [0.4, 0.5) is 34.1 Å². The molecule has 0 bridgehead atoms. The van der Waals surface area contributed by atoms with Crippen molar-refractivity contribution in [3.05, 3.63) is 194 Å². The van der Waals surface area contributed by atoms with Crippen LogP contribution in [0.5, 0.6) is 0 Å². The summed E-state index contributed by atoms with van der Waals surface area (Å²) in [6, 6.07) is 66.0. The van der Waals surface area contributed by atoms with Crippen molar-refractivity contribution < 1.29 is 0 Å². The van der Waals surface area contributed by atoms with Crippen LogP contribution in [0.2, 0.25) is 0 Å². The lowest BCUT2D eigenvalue weighted by atomic mass is 9.94. The topological polar surface area (TPSA) is 27.5 Å². The summed E-state index contributed by atoms with van der Waals surface area (Å²) < 4.78 is 2.34. The predicted octanol–water partition coefficient (Wildman–Crippen LogP) is 13.7. The minimum absolute atomic E-state index is 0.381. The van der Waals surface area contributed by atoms with Crippen molar-refractivity contribution >= 4 is 55.9 Å². The Bertz CT molecular complexity index is 2840. The van der Waals surface area contributed by atoms with Gasteiger partial charge in [0.2, 0.25) is 0 Å². The van der Waals surface area contributed by atoms with E-state index in [-0.39, 0.29) is 0 Å². The van der Waals surface area contributed by atoms with E-state index < -0.39 is 0 Å². The number of hydrogen-bond acceptors (Lipinski definition) is 4. The Morgan fingerprint density at radius 3 is 1.91 bits per heavy atom. The molecule has 0 saturated heterocycles. The average molecular weight is 738 g/mol. The summed E-state index contributed by atoms with van der Waals surface area (Å²) in [6.07, 6.45) is 1.95. The van der Waals surface area contributed by atoms with Crippen molar-refractivity contribution in [2.24, 2.45) is 0 Å². The molecule has 7 aromatic carbocycles. The third-order valence-corrected chi connectivity index (χ3v) is 11.3. The number of nitrogens with zero attached hydrogens (tertiary/aromatic N) is 5. The van der Waals surface area contributed by atoms with Gasteiger partial charge in [-0.3, -0.25) is 4.57 Å². The number of fused-ring (bicyclic) bond motifs is 4. The normalized spacial score (nSPS) is 12.5. The van der Waals surface area contributed by atoms with E-state index in [0.29, 0.717) is 5.92 Å². The van der Waals surface area contributed by atoms with Crippen molar-refractivity contribution in [2.75, 3.05) is 28.4 Å². The van der Waals surface area contributed by atoms with Gasteiger partial charge in [-0.05, 0) is 83.3 Å². The molecular weight excluding hydrogens is 695 g/mol. The van der Waals surface area contributed by atoms with Crippen LogP contribution in [0, 0.1) is 0 Å². The smallest absolute Gasteiger partial charge is 0.137 e. The Hall–Kier alpha value is -7.11. The Morgan fingerprint density at radius 1 is 0.544 bits per heavy atom. The van der Waals surface area contributed by atoms with E-state index in [2.05, 4.69) is 222 Å². The molecule has 0 atom stereocenters. The number of anilines is 6. The Labute approximate surface area is 334 Å². The molecule has 9 aromatic rings. The van der Waals surface area contributed by atoms with Crippen molar-refractivity contribution in [3.63, 3.8) is 0 Å². The van der Waals surface area contributed by atoms with Crippen LogP contribution >= 0.6 is 0 Å². The summed E-state index contributed by atoms with van der Waals surface area (Å²) in [6.45, 7) is 5.25. The van der Waals surface area contributed by atoms with Crippen LogP contribution < -0.4 is 14.7 Å². The first-order chi connectivity index (χ1) is 28.0. The highest BCUT2D eigenvalue weighted by atomic mass is 15.4.